The first-order chi connectivity index (χ1) is 3.42. The van der Waals surface area contributed by atoms with Gasteiger partial charge in [0.1, 0.15) is 0 Å². The Bertz CT molecular complexity index is 105. The number of carbonyl (C=O) groups is 1. The molecule has 80 valence electrons. The lowest BCUT2D eigenvalue weighted by Crippen LogP contribution is -2.36. The molecule has 0 unspecified atom stereocenters. The summed E-state index contributed by atoms with van der Waals surface area (Å²) in [4.78, 5) is 9.53. The van der Waals surface area contributed by atoms with E-state index in [0.717, 1.165) is 0 Å². The van der Waals surface area contributed by atoms with Crippen LogP contribution in [0.25, 0.3) is 0 Å². The van der Waals surface area contributed by atoms with Gasteiger partial charge in [-0.1, -0.05) is 0 Å². The Morgan fingerprint density at radius 2 is 1.42 bits per heavy atom. The second kappa shape index (κ2) is 11.0. The second-order valence-electron chi connectivity index (χ2n) is 0.995. The molecule has 0 radical (unpaired) electrons. The lowest BCUT2D eigenvalue weighted by molar-refractivity contribution is -0.430. The Labute approximate surface area is 86.7 Å². The van der Waals surface area contributed by atoms with Crippen LogP contribution in [0.2, 0.25) is 0 Å². The fourth-order valence-corrected chi connectivity index (χ4v) is 0.135. The van der Waals surface area contributed by atoms with E-state index < -0.39 is 12.3 Å². The van der Waals surface area contributed by atoms with E-state index in [4.69, 9.17) is 15.3 Å². The van der Waals surface area contributed by atoms with Crippen molar-refractivity contribution < 1.29 is 24.9 Å². The molecule has 0 saturated carbocycles. The molecular formula is C2H11Cl3N2O5. The number of aliphatic hydroxyl groups is 3. The van der Waals surface area contributed by atoms with Crippen LogP contribution >= 0.6 is 37.2 Å². The van der Waals surface area contributed by atoms with Gasteiger partial charge in [-0.05, 0) is 0 Å². The first-order valence-electron chi connectivity index (χ1n) is 1.57. The summed E-state index contributed by atoms with van der Waals surface area (Å²) in [6.07, 6.45) is -4.93. The van der Waals surface area contributed by atoms with Gasteiger partial charge in [-0.25, -0.2) is 4.79 Å². The van der Waals surface area contributed by atoms with Crippen molar-refractivity contribution in [2.45, 2.75) is 6.16 Å². The maximum absolute atomic E-state index is 9.53. The normalized spacial score (nSPS) is 7.25. The smallest absolute Gasteiger partial charge is 0.368 e. The van der Waals surface area contributed by atoms with Gasteiger partial charge in [0.15, 0.2) is 0 Å². The molecule has 0 heterocycles. The van der Waals surface area contributed by atoms with E-state index in [2.05, 4.69) is 10.5 Å². The van der Waals surface area contributed by atoms with E-state index >= 15 is 0 Å². The van der Waals surface area contributed by atoms with Gasteiger partial charge in [-0.15, -0.1) is 37.2 Å². The molecule has 12 heavy (non-hydrogen) atoms. The third-order valence-electron chi connectivity index (χ3n) is 0.238. The van der Waals surface area contributed by atoms with Gasteiger partial charge in [0, 0.05) is 0 Å². The number of hydrogen-bond acceptors (Lipinski definition) is 6. The van der Waals surface area contributed by atoms with Crippen LogP contribution in [0.3, 0.4) is 0 Å². The van der Waals surface area contributed by atoms with E-state index in [9.17, 15) is 4.79 Å². The number of primary amides is 1. The third-order valence-corrected chi connectivity index (χ3v) is 0.238. The molecule has 0 rings (SSSR count). The van der Waals surface area contributed by atoms with Crippen LogP contribution in [0.4, 0.5) is 4.79 Å². The Morgan fingerprint density at radius 1 is 1.17 bits per heavy atom. The lowest BCUT2D eigenvalue weighted by Gasteiger charge is -2.10. The average molecular weight is 249 g/mol. The summed E-state index contributed by atoms with van der Waals surface area (Å²) in [6.45, 7) is 0. The SMILES string of the molecule is Cl.Cl.Cl.N.NC(=O)OC(O)(O)O. The number of ether oxygens (including phenoxy) is 1. The average Bonchev–Trinajstić information content (AvgIpc) is 1.21. The van der Waals surface area contributed by atoms with Crippen molar-refractivity contribution in [1.82, 2.24) is 6.15 Å². The standard InChI is InChI=1S/C2H5NO5.3ClH.H3N/c3-1(4)8-2(5,6)7;;;;/h5-7H,(H2,3,4);3*1H;1H3. The minimum Gasteiger partial charge on any atom is -0.368 e. The van der Waals surface area contributed by atoms with Gasteiger partial charge in [0.2, 0.25) is 0 Å². The van der Waals surface area contributed by atoms with Crippen LogP contribution in [0.1, 0.15) is 0 Å². The molecular weight excluding hydrogens is 238 g/mol. The minimum atomic E-state index is -3.45. The first kappa shape index (κ1) is 29.6. The van der Waals surface area contributed by atoms with Gasteiger partial charge in [-0.3, -0.25) is 0 Å². The molecule has 0 atom stereocenters. The molecule has 0 bridgehead atoms. The monoisotopic (exact) mass is 248 g/mol. The highest BCUT2D eigenvalue weighted by Gasteiger charge is 2.22. The van der Waals surface area contributed by atoms with Gasteiger partial charge in [0.25, 0.3) is 0 Å². The fraction of sp³-hybridized carbons (Fsp3) is 0.500. The number of amides is 1. The molecule has 0 aliphatic rings. The Hall–Kier alpha value is -0.0200. The number of carbonyl (C=O) groups excluding carboxylic acids is 1. The maximum Gasteiger partial charge on any atom is 0.456 e. The molecule has 0 spiro atoms. The predicted molar refractivity (Wildman–Crippen MR) is 46.8 cm³/mol. The quantitative estimate of drug-likeness (QED) is 0.380. The third kappa shape index (κ3) is 32.5. The van der Waals surface area contributed by atoms with Crippen molar-refractivity contribution in [3.63, 3.8) is 0 Å². The zero-order valence-electron chi connectivity index (χ0n) is 5.67. The van der Waals surface area contributed by atoms with Crippen molar-refractivity contribution in [3.05, 3.63) is 0 Å². The zero-order chi connectivity index (χ0) is 6.78. The molecule has 0 aliphatic carbocycles. The summed E-state index contributed by atoms with van der Waals surface area (Å²) in [5, 5.41) is 23.3. The van der Waals surface area contributed by atoms with Crippen molar-refractivity contribution in [3.8, 4) is 0 Å². The van der Waals surface area contributed by atoms with Crippen LogP contribution in [0, 0.1) is 0 Å². The molecule has 7 nitrogen and oxygen atoms in total. The molecule has 0 aromatic carbocycles. The molecule has 0 aromatic heterocycles. The topological polar surface area (TPSA) is 148 Å². The molecule has 1 amide bonds. The predicted octanol–water partition coefficient (Wildman–Crippen LogP) is -0.903. The summed E-state index contributed by atoms with van der Waals surface area (Å²) >= 11 is 0. The first-order valence-corrected chi connectivity index (χ1v) is 1.57. The van der Waals surface area contributed by atoms with Crippen molar-refractivity contribution >= 4 is 43.3 Å². The van der Waals surface area contributed by atoms with Gasteiger partial charge >= 0.3 is 12.3 Å². The van der Waals surface area contributed by atoms with Gasteiger partial charge in [0.05, 0.1) is 0 Å². The van der Waals surface area contributed by atoms with Gasteiger partial charge < -0.3 is 31.9 Å². The molecule has 0 saturated heterocycles. The number of nitrogens with two attached hydrogens (primary N) is 1. The van der Waals surface area contributed by atoms with Crippen LogP contribution in [0.15, 0.2) is 0 Å². The number of halogens is 3. The molecule has 0 fully saturated rings. The van der Waals surface area contributed by atoms with Crippen LogP contribution < -0.4 is 11.9 Å². The van der Waals surface area contributed by atoms with Crippen LogP contribution in [0.5, 0.6) is 0 Å². The highest BCUT2D eigenvalue weighted by molar-refractivity contribution is 5.86. The van der Waals surface area contributed by atoms with Crippen molar-refractivity contribution in [2.75, 3.05) is 0 Å². The molecule has 0 aromatic rings. The summed E-state index contributed by atoms with van der Waals surface area (Å²) in [5.41, 5.74) is 4.24. The van der Waals surface area contributed by atoms with Crippen LogP contribution in [-0.2, 0) is 4.74 Å². The largest absolute Gasteiger partial charge is 0.456 e. The van der Waals surface area contributed by atoms with Crippen molar-refractivity contribution in [2.24, 2.45) is 5.73 Å². The highest BCUT2D eigenvalue weighted by atomic mass is 35.5. The summed E-state index contributed by atoms with van der Waals surface area (Å²) in [5.74, 6) is 0. The van der Waals surface area contributed by atoms with E-state index in [1.165, 1.54) is 0 Å². The van der Waals surface area contributed by atoms with E-state index in [1.54, 1.807) is 0 Å². The summed E-state index contributed by atoms with van der Waals surface area (Å²) in [7, 11) is 0. The summed E-state index contributed by atoms with van der Waals surface area (Å²) < 4.78 is 3.24. The van der Waals surface area contributed by atoms with Crippen molar-refractivity contribution in [1.29, 1.82) is 0 Å². The fourth-order valence-electron chi connectivity index (χ4n) is 0.135. The van der Waals surface area contributed by atoms with Gasteiger partial charge in [-0.2, -0.15) is 0 Å². The lowest BCUT2D eigenvalue weighted by atomic mass is 11.1. The Morgan fingerprint density at radius 3 is 1.42 bits per heavy atom. The second-order valence-corrected chi connectivity index (χ2v) is 0.995. The van der Waals surface area contributed by atoms with E-state index in [-0.39, 0.29) is 43.4 Å². The van der Waals surface area contributed by atoms with E-state index in [0.29, 0.717) is 0 Å². The Kier molecular flexibility index (Phi) is 27.1. The number of hydrogen-bond donors (Lipinski definition) is 5. The molecule has 0 aliphatic heterocycles. The highest BCUT2D eigenvalue weighted by Crippen LogP contribution is 1.92. The maximum atomic E-state index is 9.53. The zero-order valence-corrected chi connectivity index (χ0v) is 8.12. The molecule has 8 N–H and O–H groups in total. The molecule has 10 heteroatoms. The summed E-state index contributed by atoms with van der Waals surface area (Å²) in [6, 6.07) is 0. The minimum absolute atomic E-state index is 0. The Balaban J connectivity index is -0.0000000408. The van der Waals surface area contributed by atoms with Crippen LogP contribution in [-0.4, -0.2) is 27.6 Å². The van der Waals surface area contributed by atoms with E-state index in [1.807, 2.05) is 0 Å². The number of rotatable bonds is 1.